The molecule has 0 aromatic rings. The quantitative estimate of drug-likeness (QED) is 0.0310. The summed E-state index contributed by atoms with van der Waals surface area (Å²) >= 11 is 0. The predicted octanol–water partition coefficient (Wildman–Crippen LogP) is 7.55. The van der Waals surface area contributed by atoms with E-state index in [9.17, 15) is 30.3 Å². The Morgan fingerprint density at radius 3 is 1.74 bits per heavy atom. The SMILES string of the molecule is CCCCCCCCCCCCCCCC(=O)N[C@@H](CO[C@H]1O[C@H](CO)[C@@H](O)[C@H](O)[C@H]1O)[C@H](O)/C=C/CC/C=C(\C)CCCCCCCCC. The Morgan fingerprint density at radius 2 is 1.22 bits per heavy atom. The van der Waals surface area contributed by atoms with Crippen molar-refractivity contribution in [2.45, 2.75) is 218 Å². The Hall–Kier alpha value is -1.33. The van der Waals surface area contributed by atoms with Gasteiger partial charge in [0.2, 0.25) is 5.91 Å². The fraction of sp³-hybridized carbons (Fsp3) is 0.878. The number of carbonyl (C=O) groups excluding carboxylic acids is 1. The van der Waals surface area contributed by atoms with Crippen LogP contribution in [0, 0.1) is 0 Å². The van der Waals surface area contributed by atoms with Crippen molar-refractivity contribution >= 4 is 5.91 Å². The molecule has 1 heterocycles. The van der Waals surface area contributed by atoms with Gasteiger partial charge >= 0.3 is 0 Å². The van der Waals surface area contributed by atoms with E-state index in [0.717, 1.165) is 38.5 Å². The molecule has 0 spiro atoms. The van der Waals surface area contributed by atoms with E-state index < -0.39 is 49.5 Å². The molecule has 294 valence electrons. The van der Waals surface area contributed by atoms with E-state index in [0.29, 0.717) is 6.42 Å². The summed E-state index contributed by atoms with van der Waals surface area (Å²) in [5.74, 6) is -0.188. The van der Waals surface area contributed by atoms with Crippen molar-refractivity contribution < 1.29 is 39.8 Å². The average molecular weight is 712 g/mol. The van der Waals surface area contributed by atoms with Crippen molar-refractivity contribution in [3.63, 3.8) is 0 Å². The number of nitrogens with one attached hydrogen (secondary N) is 1. The first-order valence-corrected chi connectivity index (χ1v) is 20.5. The van der Waals surface area contributed by atoms with Crippen LogP contribution < -0.4 is 5.32 Å². The van der Waals surface area contributed by atoms with Gasteiger partial charge in [0, 0.05) is 6.42 Å². The van der Waals surface area contributed by atoms with Gasteiger partial charge in [-0.25, -0.2) is 0 Å². The van der Waals surface area contributed by atoms with Crippen molar-refractivity contribution in [1.29, 1.82) is 0 Å². The average Bonchev–Trinajstić information content (AvgIpc) is 3.11. The Morgan fingerprint density at radius 1 is 0.720 bits per heavy atom. The smallest absolute Gasteiger partial charge is 0.220 e. The van der Waals surface area contributed by atoms with Crippen LogP contribution in [0.5, 0.6) is 0 Å². The van der Waals surface area contributed by atoms with Crippen LogP contribution in [0.4, 0.5) is 0 Å². The molecule has 7 atom stereocenters. The second-order valence-corrected chi connectivity index (χ2v) is 14.6. The fourth-order valence-corrected chi connectivity index (χ4v) is 6.47. The lowest BCUT2D eigenvalue weighted by atomic mass is 9.99. The highest BCUT2D eigenvalue weighted by Gasteiger charge is 2.44. The first kappa shape index (κ1) is 46.7. The number of aliphatic hydroxyl groups excluding tert-OH is 5. The van der Waals surface area contributed by atoms with Crippen LogP contribution in [-0.2, 0) is 14.3 Å². The van der Waals surface area contributed by atoms with Gasteiger partial charge < -0.3 is 40.3 Å². The number of unbranched alkanes of at least 4 members (excludes halogenated alkanes) is 19. The summed E-state index contributed by atoms with van der Waals surface area (Å²) in [6.07, 6.45) is 25.8. The summed E-state index contributed by atoms with van der Waals surface area (Å²) < 4.78 is 11.2. The normalized spacial score (nSPS) is 22.6. The third-order valence-corrected chi connectivity index (χ3v) is 9.89. The summed E-state index contributed by atoms with van der Waals surface area (Å²) in [5, 5.41) is 54.0. The highest BCUT2D eigenvalue weighted by atomic mass is 16.7. The van der Waals surface area contributed by atoms with Crippen LogP contribution in [0.25, 0.3) is 0 Å². The van der Waals surface area contributed by atoms with Crippen molar-refractivity contribution in [2.24, 2.45) is 0 Å². The number of rotatable bonds is 32. The Balaban J connectivity index is 2.51. The Kier molecular flexibility index (Phi) is 29.2. The van der Waals surface area contributed by atoms with Gasteiger partial charge in [-0.05, 0) is 39.0 Å². The maximum absolute atomic E-state index is 12.9. The van der Waals surface area contributed by atoms with Gasteiger partial charge in [-0.15, -0.1) is 0 Å². The topological polar surface area (TPSA) is 149 Å². The molecule has 0 bridgehead atoms. The number of aliphatic hydroxyl groups is 5. The summed E-state index contributed by atoms with van der Waals surface area (Å²) in [5.41, 5.74) is 1.39. The van der Waals surface area contributed by atoms with E-state index in [1.165, 1.54) is 115 Å². The molecule has 0 aromatic heterocycles. The van der Waals surface area contributed by atoms with Gasteiger partial charge in [0.25, 0.3) is 0 Å². The number of carbonyl (C=O) groups is 1. The molecule has 1 aliphatic rings. The van der Waals surface area contributed by atoms with Gasteiger partial charge in [0.15, 0.2) is 6.29 Å². The number of allylic oxidation sites excluding steroid dienone is 3. The lowest BCUT2D eigenvalue weighted by molar-refractivity contribution is -0.302. The number of amides is 1. The number of hydrogen-bond donors (Lipinski definition) is 6. The van der Waals surface area contributed by atoms with Gasteiger partial charge in [0.1, 0.15) is 24.4 Å². The first-order chi connectivity index (χ1) is 24.2. The molecule has 0 aromatic carbocycles. The zero-order valence-corrected chi connectivity index (χ0v) is 32.1. The van der Waals surface area contributed by atoms with Crippen LogP contribution in [-0.4, -0.2) is 87.5 Å². The largest absolute Gasteiger partial charge is 0.394 e. The van der Waals surface area contributed by atoms with Crippen LogP contribution in [0.3, 0.4) is 0 Å². The highest BCUT2D eigenvalue weighted by Crippen LogP contribution is 2.22. The maximum atomic E-state index is 12.9. The van der Waals surface area contributed by atoms with E-state index in [4.69, 9.17) is 9.47 Å². The molecule has 9 nitrogen and oxygen atoms in total. The van der Waals surface area contributed by atoms with Crippen LogP contribution in [0.2, 0.25) is 0 Å². The standard InChI is InChI=1S/C41H77NO8/c1-4-6-8-10-12-13-14-15-16-17-19-21-26-30-37(45)42-34(32-49-41-40(48)39(47)38(46)36(31-43)50-41)35(44)29-25-22-24-28-33(3)27-23-20-18-11-9-7-5-2/h25,28-29,34-36,38-41,43-44,46-48H,4-24,26-27,30-32H2,1-3H3,(H,42,45)/b29-25+,33-28+/t34-,35+,36+,38+,39-,40+,41-/m0/s1. The molecular formula is C41H77NO8. The molecule has 50 heavy (non-hydrogen) atoms. The van der Waals surface area contributed by atoms with E-state index in [1.54, 1.807) is 6.08 Å². The van der Waals surface area contributed by atoms with Crippen LogP contribution in [0.15, 0.2) is 23.8 Å². The maximum Gasteiger partial charge on any atom is 0.220 e. The molecular weight excluding hydrogens is 634 g/mol. The van der Waals surface area contributed by atoms with Crippen LogP contribution >= 0.6 is 0 Å². The van der Waals surface area contributed by atoms with Gasteiger partial charge in [0.05, 0.1) is 25.4 Å². The minimum Gasteiger partial charge on any atom is -0.394 e. The summed E-state index contributed by atoms with van der Waals surface area (Å²) in [4.78, 5) is 12.9. The molecule has 1 rings (SSSR count). The van der Waals surface area contributed by atoms with Crippen molar-refractivity contribution in [3.05, 3.63) is 23.8 Å². The zero-order chi connectivity index (χ0) is 36.8. The van der Waals surface area contributed by atoms with E-state index >= 15 is 0 Å². The molecule has 9 heteroatoms. The number of ether oxygens (including phenoxy) is 2. The second-order valence-electron chi connectivity index (χ2n) is 14.6. The Labute approximate surface area is 305 Å². The van der Waals surface area contributed by atoms with Crippen LogP contribution in [0.1, 0.15) is 175 Å². The third-order valence-electron chi connectivity index (χ3n) is 9.89. The second kappa shape index (κ2) is 31.2. The van der Waals surface area contributed by atoms with E-state index in [2.05, 4.69) is 32.2 Å². The lowest BCUT2D eigenvalue weighted by Crippen LogP contribution is -2.60. The van der Waals surface area contributed by atoms with Crippen molar-refractivity contribution in [2.75, 3.05) is 13.2 Å². The zero-order valence-electron chi connectivity index (χ0n) is 32.1. The molecule has 1 fully saturated rings. The molecule has 1 amide bonds. The van der Waals surface area contributed by atoms with Gasteiger partial charge in [-0.3, -0.25) is 4.79 Å². The minimum atomic E-state index is -1.57. The lowest BCUT2D eigenvalue weighted by Gasteiger charge is -2.40. The first-order valence-electron chi connectivity index (χ1n) is 20.5. The van der Waals surface area contributed by atoms with E-state index in [-0.39, 0.29) is 12.5 Å². The fourth-order valence-electron chi connectivity index (χ4n) is 6.47. The minimum absolute atomic E-state index is 0.188. The Bertz CT molecular complexity index is 866. The summed E-state index contributed by atoms with van der Waals surface area (Å²) in [6, 6.07) is -0.817. The van der Waals surface area contributed by atoms with Gasteiger partial charge in [-0.2, -0.15) is 0 Å². The molecule has 6 N–H and O–H groups in total. The monoisotopic (exact) mass is 712 g/mol. The van der Waals surface area contributed by atoms with Crippen molar-refractivity contribution in [1.82, 2.24) is 5.32 Å². The predicted molar refractivity (Wildman–Crippen MR) is 203 cm³/mol. The number of hydrogen-bond acceptors (Lipinski definition) is 8. The van der Waals surface area contributed by atoms with Crippen molar-refractivity contribution in [3.8, 4) is 0 Å². The molecule has 0 saturated carbocycles. The molecule has 1 saturated heterocycles. The third kappa shape index (κ3) is 22.6. The molecule has 0 unspecified atom stereocenters. The van der Waals surface area contributed by atoms with E-state index in [1.807, 2.05) is 6.08 Å². The summed E-state index contributed by atoms with van der Waals surface area (Å²) in [7, 11) is 0. The molecule has 0 aliphatic carbocycles. The highest BCUT2D eigenvalue weighted by molar-refractivity contribution is 5.76. The van der Waals surface area contributed by atoms with Gasteiger partial charge in [-0.1, -0.05) is 153 Å². The molecule has 1 aliphatic heterocycles. The summed E-state index contributed by atoms with van der Waals surface area (Å²) in [6.45, 7) is 5.90. The molecule has 0 radical (unpaired) electrons.